The fourth-order valence-electron chi connectivity index (χ4n) is 4.32. The Hall–Kier alpha value is -2.39. The molecule has 0 aliphatic carbocycles. The average molecular weight is 505 g/mol. The number of amides is 2. The number of carbonyl (C=O) groups excluding carboxylic acids is 2. The van der Waals surface area contributed by atoms with Crippen LogP contribution in [0.25, 0.3) is 6.08 Å². The number of nitrogens with two attached hydrogens (primary N) is 1. The Kier molecular flexibility index (Phi) is 9.35. The molecule has 0 unspecified atom stereocenters. The van der Waals surface area contributed by atoms with Gasteiger partial charge in [-0.25, -0.2) is 14.9 Å². The second kappa shape index (κ2) is 12.0. The second-order valence-electron chi connectivity index (χ2n) is 10.2. The van der Waals surface area contributed by atoms with E-state index in [9.17, 15) is 9.59 Å². The molecule has 3 heterocycles. The number of piperidine rings is 1. The van der Waals surface area contributed by atoms with Gasteiger partial charge in [0.05, 0.1) is 17.2 Å². The van der Waals surface area contributed by atoms with Gasteiger partial charge in [0.25, 0.3) is 5.91 Å². The van der Waals surface area contributed by atoms with Crippen molar-refractivity contribution in [2.24, 2.45) is 16.6 Å². The highest BCUT2D eigenvalue weighted by molar-refractivity contribution is 7.13. The van der Waals surface area contributed by atoms with E-state index in [-0.39, 0.29) is 12.0 Å². The van der Waals surface area contributed by atoms with E-state index in [1.807, 2.05) is 45.6 Å². The van der Waals surface area contributed by atoms with Crippen LogP contribution >= 0.6 is 11.3 Å². The van der Waals surface area contributed by atoms with E-state index in [0.29, 0.717) is 36.9 Å². The number of aryl methyl sites for hydroxylation is 1. The van der Waals surface area contributed by atoms with E-state index in [4.69, 9.17) is 15.3 Å². The Morgan fingerprint density at radius 2 is 1.97 bits per heavy atom. The highest BCUT2D eigenvalue weighted by atomic mass is 32.1. The second-order valence-corrected chi connectivity index (χ2v) is 11.4. The zero-order valence-electron chi connectivity index (χ0n) is 21.8. The third kappa shape index (κ3) is 7.80. The topological polar surface area (TPSA) is 97.5 Å². The van der Waals surface area contributed by atoms with Crippen LogP contribution in [0.1, 0.15) is 76.5 Å². The normalized spacial score (nSPS) is 16.8. The number of amidine groups is 1. The van der Waals surface area contributed by atoms with Crippen LogP contribution in [0.4, 0.5) is 10.5 Å². The molecule has 9 heteroatoms. The Morgan fingerprint density at radius 1 is 1.26 bits per heavy atom. The number of carbonyl (C=O) groups is 2. The highest BCUT2D eigenvalue weighted by Gasteiger charge is 2.27. The van der Waals surface area contributed by atoms with Crippen LogP contribution in [0, 0.1) is 5.92 Å². The van der Waals surface area contributed by atoms with Crippen LogP contribution in [-0.2, 0) is 20.8 Å². The zero-order chi connectivity index (χ0) is 25.6. The third-order valence-corrected chi connectivity index (χ3v) is 7.14. The summed E-state index contributed by atoms with van der Waals surface area (Å²) in [4.78, 5) is 39.5. The van der Waals surface area contributed by atoms with Crippen molar-refractivity contribution in [1.29, 1.82) is 0 Å². The zero-order valence-corrected chi connectivity index (χ0v) is 22.6. The van der Waals surface area contributed by atoms with Gasteiger partial charge in [-0.1, -0.05) is 6.92 Å². The van der Waals surface area contributed by atoms with Crippen molar-refractivity contribution in [2.45, 2.75) is 78.7 Å². The van der Waals surface area contributed by atoms with Crippen molar-refractivity contribution in [3.63, 3.8) is 0 Å². The maximum absolute atomic E-state index is 13.1. The van der Waals surface area contributed by atoms with Gasteiger partial charge in [-0.2, -0.15) is 0 Å². The molecule has 35 heavy (non-hydrogen) atoms. The van der Waals surface area contributed by atoms with Gasteiger partial charge < -0.3 is 15.4 Å². The van der Waals surface area contributed by atoms with E-state index in [1.165, 1.54) is 9.94 Å². The first-order valence-electron chi connectivity index (χ1n) is 12.7. The number of fused-ring (bicyclic) bond motifs is 1. The standard InChI is InChI=1S/C26H40N4O4S/c1-6-12-30(33-7-2)24(31)19-15-22-21(28-23(27)16-19)17-20(35-22)9-8-18-10-13-29(14-11-18)25(32)34-26(3,4)5/h15,17-18H,6-14,16H2,1-5H3,(H2,27,28). The van der Waals surface area contributed by atoms with Crippen molar-refractivity contribution < 1.29 is 19.2 Å². The first kappa shape index (κ1) is 27.2. The lowest BCUT2D eigenvalue weighted by atomic mass is 9.92. The number of likely N-dealkylation sites (tertiary alicyclic amines) is 1. The molecule has 0 radical (unpaired) electrons. The SMILES string of the molecule is CCCN(OCC)C(=O)C1=Cc2sc(CCC3CCN(C(=O)OC(C)(C)C)CC3)cc2N=C(N)C1. The van der Waals surface area contributed by atoms with Crippen LogP contribution < -0.4 is 5.73 Å². The summed E-state index contributed by atoms with van der Waals surface area (Å²) >= 11 is 1.68. The molecule has 194 valence electrons. The Labute approximate surface area is 213 Å². The molecule has 0 atom stereocenters. The van der Waals surface area contributed by atoms with Crippen molar-refractivity contribution in [1.82, 2.24) is 9.96 Å². The molecule has 1 fully saturated rings. The summed E-state index contributed by atoms with van der Waals surface area (Å²) in [6.07, 6.45) is 6.82. The molecule has 2 aliphatic heterocycles. The molecule has 0 saturated carbocycles. The Balaban J connectivity index is 1.60. The van der Waals surface area contributed by atoms with Gasteiger partial charge in [0.2, 0.25) is 0 Å². The van der Waals surface area contributed by atoms with Crippen molar-refractivity contribution in [2.75, 3.05) is 26.2 Å². The lowest BCUT2D eigenvalue weighted by molar-refractivity contribution is -0.180. The molecular weight excluding hydrogens is 464 g/mol. The van der Waals surface area contributed by atoms with Gasteiger partial charge in [0.15, 0.2) is 0 Å². The maximum atomic E-state index is 13.1. The van der Waals surface area contributed by atoms with Gasteiger partial charge in [-0.15, -0.1) is 11.3 Å². The molecule has 1 aromatic heterocycles. The summed E-state index contributed by atoms with van der Waals surface area (Å²) in [5, 5.41) is 1.43. The fourth-order valence-corrected chi connectivity index (χ4v) is 5.40. The maximum Gasteiger partial charge on any atom is 0.410 e. The number of ether oxygens (including phenoxy) is 1. The molecule has 0 spiro atoms. The van der Waals surface area contributed by atoms with Crippen molar-refractivity contribution in [3.05, 3.63) is 21.4 Å². The number of aliphatic imine (C=N–C) groups is 1. The average Bonchev–Trinajstić information content (AvgIpc) is 3.09. The summed E-state index contributed by atoms with van der Waals surface area (Å²) in [6.45, 7) is 12.0. The summed E-state index contributed by atoms with van der Waals surface area (Å²) in [6, 6.07) is 2.10. The minimum Gasteiger partial charge on any atom is -0.444 e. The van der Waals surface area contributed by atoms with E-state index >= 15 is 0 Å². The van der Waals surface area contributed by atoms with Gasteiger partial charge in [0, 0.05) is 36.5 Å². The molecule has 1 saturated heterocycles. The van der Waals surface area contributed by atoms with Crippen LogP contribution in [0.5, 0.6) is 0 Å². The van der Waals surface area contributed by atoms with Gasteiger partial charge in [-0.05, 0) is 77.9 Å². The van der Waals surface area contributed by atoms with Gasteiger partial charge in [-0.3, -0.25) is 9.63 Å². The quantitative estimate of drug-likeness (QED) is 0.485. The monoisotopic (exact) mass is 504 g/mol. The van der Waals surface area contributed by atoms with Crippen LogP contribution in [0.2, 0.25) is 0 Å². The minimum absolute atomic E-state index is 0.147. The summed E-state index contributed by atoms with van der Waals surface area (Å²) in [7, 11) is 0. The molecule has 2 N–H and O–H groups in total. The van der Waals surface area contributed by atoms with Crippen LogP contribution in [0.15, 0.2) is 16.6 Å². The number of rotatable bonds is 8. The molecule has 3 rings (SSSR count). The molecule has 1 aromatic rings. The molecule has 2 aliphatic rings. The molecular formula is C26H40N4O4S. The summed E-state index contributed by atoms with van der Waals surface area (Å²) in [5.74, 6) is 0.868. The van der Waals surface area contributed by atoms with Crippen molar-refractivity contribution >= 4 is 40.9 Å². The van der Waals surface area contributed by atoms with E-state index in [2.05, 4.69) is 11.1 Å². The molecule has 0 aromatic carbocycles. The van der Waals surface area contributed by atoms with Gasteiger partial charge in [0.1, 0.15) is 11.4 Å². The minimum atomic E-state index is -0.465. The number of hydrogen-bond acceptors (Lipinski definition) is 7. The van der Waals surface area contributed by atoms with Crippen LogP contribution in [-0.4, -0.2) is 59.6 Å². The van der Waals surface area contributed by atoms with Crippen molar-refractivity contribution in [3.8, 4) is 0 Å². The Morgan fingerprint density at radius 3 is 2.60 bits per heavy atom. The lowest BCUT2D eigenvalue weighted by Crippen LogP contribution is -2.41. The highest BCUT2D eigenvalue weighted by Crippen LogP contribution is 2.36. The predicted molar refractivity (Wildman–Crippen MR) is 141 cm³/mol. The molecule has 0 bridgehead atoms. The van der Waals surface area contributed by atoms with Crippen LogP contribution in [0.3, 0.4) is 0 Å². The number of nitrogens with zero attached hydrogens (tertiary/aromatic N) is 3. The molecule has 2 amide bonds. The number of thiophene rings is 1. The predicted octanol–water partition coefficient (Wildman–Crippen LogP) is 5.29. The summed E-state index contributed by atoms with van der Waals surface area (Å²) in [5.41, 5.74) is 7.14. The number of hydrogen-bond donors (Lipinski definition) is 1. The Bertz CT molecular complexity index is 949. The smallest absolute Gasteiger partial charge is 0.410 e. The van der Waals surface area contributed by atoms with Gasteiger partial charge >= 0.3 is 6.09 Å². The lowest BCUT2D eigenvalue weighted by Gasteiger charge is -2.33. The number of hydroxylamine groups is 2. The molecule has 8 nitrogen and oxygen atoms in total. The van der Waals surface area contributed by atoms with E-state index in [1.54, 1.807) is 11.3 Å². The van der Waals surface area contributed by atoms with E-state index in [0.717, 1.165) is 55.8 Å². The first-order chi connectivity index (χ1) is 16.6. The fraction of sp³-hybridized carbons (Fsp3) is 0.654. The summed E-state index contributed by atoms with van der Waals surface area (Å²) < 4.78 is 5.50. The van der Waals surface area contributed by atoms with E-state index < -0.39 is 5.60 Å². The third-order valence-electron chi connectivity index (χ3n) is 6.01. The first-order valence-corrected chi connectivity index (χ1v) is 13.5. The largest absolute Gasteiger partial charge is 0.444 e.